The smallest absolute Gasteiger partial charge is 0.224 e. The number of hydrogen-bond acceptors (Lipinski definition) is 4. The van der Waals surface area contributed by atoms with E-state index in [1.54, 1.807) is 14.2 Å². The molecule has 0 bridgehead atoms. The van der Waals surface area contributed by atoms with Crippen LogP contribution in [0.3, 0.4) is 0 Å². The van der Waals surface area contributed by atoms with Crippen molar-refractivity contribution in [2.24, 2.45) is 0 Å². The Morgan fingerprint density at radius 2 is 1.67 bits per heavy atom. The van der Waals surface area contributed by atoms with Crippen LogP contribution in [-0.2, 0) is 11.2 Å². The number of nitrogens with zero attached hydrogens (tertiary/aromatic N) is 1. The highest BCUT2D eigenvalue weighted by Gasteiger charge is 2.38. The molecule has 3 rings (SSSR count). The molecule has 1 saturated carbocycles. The van der Waals surface area contributed by atoms with Gasteiger partial charge in [0.1, 0.15) is 0 Å². The lowest BCUT2D eigenvalue weighted by Gasteiger charge is -2.48. The minimum atomic E-state index is 0.0872. The Bertz CT molecular complexity index is 620. The fourth-order valence-electron chi connectivity index (χ4n) is 4.68. The van der Waals surface area contributed by atoms with Crippen molar-refractivity contribution in [2.75, 3.05) is 33.9 Å². The van der Waals surface area contributed by atoms with Gasteiger partial charge >= 0.3 is 0 Å². The SMILES string of the molecule is COc1ccc(CC(=O)NCC2(N3CCCCC3)CCCCC2)cc1OC. The van der Waals surface area contributed by atoms with E-state index in [1.807, 2.05) is 18.2 Å². The monoisotopic (exact) mass is 374 g/mol. The van der Waals surface area contributed by atoms with E-state index < -0.39 is 0 Å². The highest BCUT2D eigenvalue weighted by atomic mass is 16.5. The molecule has 1 N–H and O–H groups in total. The van der Waals surface area contributed by atoms with E-state index in [0.717, 1.165) is 12.1 Å². The second-order valence-corrected chi connectivity index (χ2v) is 7.98. The minimum absolute atomic E-state index is 0.0872. The van der Waals surface area contributed by atoms with Gasteiger partial charge in [-0.05, 0) is 56.5 Å². The van der Waals surface area contributed by atoms with Crippen LogP contribution in [-0.4, -0.2) is 50.2 Å². The largest absolute Gasteiger partial charge is 0.493 e. The van der Waals surface area contributed by atoms with Gasteiger partial charge < -0.3 is 14.8 Å². The normalized spacial score (nSPS) is 20.1. The molecule has 2 aliphatic rings. The highest BCUT2D eigenvalue weighted by Crippen LogP contribution is 2.35. The third kappa shape index (κ3) is 4.95. The van der Waals surface area contributed by atoms with Crippen molar-refractivity contribution in [3.63, 3.8) is 0 Å². The van der Waals surface area contributed by atoms with E-state index >= 15 is 0 Å². The quantitative estimate of drug-likeness (QED) is 0.793. The van der Waals surface area contributed by atoms with Crippen LogP contribution in [0.1, 0.15) is 56.9 Å². The van der Waals surface area contributed by atoms with Crippen LogP contribution in [0, 0.1) is 0 Å². The topological polar surface area (TPSA) is 50.8 Å². The molecule has 0 radical (unpaired) electrons. The van der Waals surface area contributed by atoms with E-state index in [0.29, 0.717) is 17.9 Å². The fourth-order valence-corrected chi connectivity index (χ4v) is 4.68. The third-order valence-electron chi connectivity index (χ3n) is 6.24. The Balaban J connectivity index is 1.60. The zero-order valence-electron chi connectivity index (χ0n) is 16.9. The molecule has 5 nitrogen and oxygen atoms in total. The van der Waals surface area contributed by atoms with Crippen LogP contribution in [0.5, 0.6) is 11.5 Å². The second kappa shape index (κ2) is 9.45. The molecular formula is C22H34N2O3. The number of rotatable bonds is 7. The van der Waals surface area contributed by atoms with Gasteiger partial charge in [0.2, 0.25) is 5.91 Å². The van der Waals surface area contributed by atoms with E-state index in [2.05, 4.69) is 10.2 Å². The number of benzene rings is 1. The van der Waals surface area contributed by atoms with E-state index in [9.17, 15) is 4.79 Å². The molecule has 150 valence electrons. The number of hydrogen-bond donors (Lipinski definition) is 1. The molecule has 5 heteroatoms. The number of likely N-dealkylation sites (tertiary alicyclic amines) is 1. The maximum absolute atomic E-state index is 12.6. The highest BCUT2D eigenvalue weighted by molar-refractivity contribution is 5.78. The zero-order valence-corrected chi connectivity index (χ0v) is 16.9. The van der Waals surface area contributed by atoms with Gasteiger partial charge in [0, 0.05) is 12.1 Å². The average Bonchev–Trinajstić information content (AvgIpc) is 2.73. The van der Waals surface area contributed by atoms with Gasteiger partial charge in [-0.15, -0.1) is 0 Å². The zero-order chi connectivity index (χ0) is 19.1. The molecule has 1 aromatic rings. The predicted molar refractivity (Wildman–Crippen MR) is 107 cm³/mol. The van der Waals surface area contributed by atoms with Crippen LogP contribution in [0.25, 0.3) is 0 Å². The molecule has 1 saturated heterocycles. The third-order valence-corrected chi connectivity index (χ3v) is 6.24. The maximum Gasteiger partial charge on any atom is 0.224 e. The van der Waals surface area contributed by atoms with E-state index in [4.69, 9.17) is 9.47 Å². The van der Waals surface area contributed by atoms with Crippen molar-refractivity contribution < 1.29 is 14.3 Å². The molecule has 0 atom stereocenters. The Kier molecular flexibility index (Phi) is 7.00. The van der Waals surface area contributed by atoms with Crippen molar-refractivity contribution in [3.05, 3.63) is 23.8 Å². The van der Waals surface area contributed by atoms with Crippen molar-refractivity contribution in [1.82, 2.24) is 10.2 Å². The molecule has 27 heavy (non-hydrogen) atoms. The van der Waals surface area contributed by atoms with E-state index in [1.165, 1.54) is 64.5 Å². The Hall–Kier alpha value is -1.75. The Morgan fingerprint density at radius 1 is 1.00 bits per heavy atom. The maximum atomic E-state index is 12.6. The van der Waals surface area contributed by atoms with Crippen LogP contribution in [0.15, 0.2) is 18.2 Å². The predicted octanol–water partition coefficient (Wildman–Crippen LogP) is 3.55. The molecule has 1 amide bonds. The van der Waals surface area contributed by atoms with Crippen molar-refractivity contribution in [3.8, 4) is 11.5 Å². The van der Waals surface area contributed by atoms with Gasteiger partial charge in [0.25, 0.3) is 0 Å². The summed E-state index contributed by atoms with van der Waals surface area (Å²) in [4.78, 5) is 15.3. The second-order valence-electron chi connectivity index (χ2n) is 7.98. The summed E-state index contributed by atoms with van der Waals surface area (Å²) in [7, 11) is 3.24. The average molecular weight is 375 g/mol. The Morgan fingerprint density at radius 3 is 2.33 bits per heavy atom. The number of methoxy groups -OCH3 is 2. The lowest BCUT2D eigenvalue weighted by Crippen LogP contribution is -2.58. The van der Waals surface area contributed by atoms with Crippen LogP contribution >= 0.6 is 0 Å². The van der Waals surface area contributed by atoms with Crippen molar-refractivity contribution in [2.45, 2.75) is 63.3 Å². The summed E-state index contributed by atoms with van der Waals surface area (Å²) in [6.07, 6.45) is 10.6. The summed E-state index contributed by atoms with van der Waals surface area (Å²) in [6.45, 7) is 3.15. The summed E-state index contributed by atoms with van der Waals surface area (Å²) in [6, 6.07) is 5.68. The lowest BCUT2D eigenvalue weighted by atomic mass is 9.79. The number of amides is 1. The summed E-state index contributed by atoms with van der Waals surface area (Å²) < 4.78 is 10.6. The summed E-state index contributed by atoms with van der Waals surface area (Å²) in [5.74, 6) is 1.44. The number of piperidine rings is 1. The molecule has 1 heterocycles. The van der Waals surface area contributed by atoms with Crippen LogP contribution < -0.4 is 14.8 Å². The molecule has 0 aromatic heterocycles. The first-order chi connectivity index (χ1) is 13.2. The van der Waals surface area contributed by atoms with Gasteiger partial charge in [-0.3, -0.25) is 9.69 Å². The van der Waals surface area contributed by atoms with E-state index in [-0.39, 0.29) is 11.4 Å². The molecule has 0 unspecified atom stereocenters. The molecular weight excluding hydrogens is 340 g/mol. The fraction of sp³-hybridized carbons (Fsp3) is 0.682. The lowest BCUT2D eigenvalue weighted by molar-refractivity contribution is -0.121. The summed E-state index contributed by atoms with van der Waals surface area (Å²) >= 11 is 0. The number of ether oxygens (including phenoxy) is 2. The van der Waals surface area contributed by atoms with Crippen molar-refractivity contribution >= 4 is 5.91 Å². The summed E-state index contributed by atoms with van der Waals surface area (Å²) in [5, 5.41) is 3.25. The first-order valence-corrected chi connectivity index (χ1v) is 10.4. The molecule has 1 aromatic carbocycles. The van der Waals surface area contributed by atoms with Gasteiger partial charge in [-0.2, -0.15) is 0 Å². The Labute approximate surface area is 163 Å². The minimum Gasteiger partial charge on any atom is -0.493 e. The summed E-state index contributed by atoms with van der Waals surface area (Å²) in [5.41, 5.74) is 1.12. The molecule has 1 aliphatic heterocycles. The first kappa shape index (κ1) is 20.0. The van der Waals surface area contributed by atoms with Gasteiger partial charge in [-0.25, -0.2) is 0 Å². The standard InChI is InChI=1S/C22H34N2O3/c1-26-19-10-9-18(15-20(19)27-2)16-21(25)23-17-22(11-5-3-6-12-22)24-13-7-4-8-14-24/h9-10,15H,3-8,11-14,16-17H2,1-2H3,(H,23,25). The van der Waals surface area contributed by atoms with Crippen molar-refractivity contribution in [1.29, 1.82) is 0 Å². The molecule has 0 spiro atoms. The van der Waals surface area contributed by atoms with Gasteiger partial charge in [0.05, 0.1) is 20.6 Å². The molecule has 2 fully saturated rings. The van der Waals surface area contributed by atoms with Gasteiger partial charge in [0.15, 0.2) is 11.5 Å². The number of carbonyl (C=O) groups is 1. The first-order valence-electron chi connectivity index (χ1n) is 10.4. The van der Waals surface area contributed by atoms with Crippen LogP contribution in [0.4, 0.5) is 0 Å². The number of nitrogens with one attached hydrogen (secondary N) is 1. The van der Waals surface area contributed by atoms with Gasteiger partial charge in [-0.1, -0.05) is 31.7 Å². The molecule has 1 aliphatic carbocycles. The number of carbonyl (C=O) groups excluding carboxylic acids is 1. The van der Waals surface area contributed by atoms with Crippen LogP contribution in [0.2, 0.25) is 0 Å².